The van der Waals surface area contributed by atoms with E-state index >= 15 is 0 Å². The topological polar surface area (TPSA) is 46.6 Å². The van der Waals surface area contributed by atoms with E-state index in [2.05, 4.69) is 0 Å². The second kappa shape index (κ2) is 4.06. The van der Waals surface area contributed by atoms with Gasteiger partial charge in [-0.2, -0.15) is 0 Å². The minimum absolute atomic E-state index is 0.268. The Kier molecular flexibility index (Phi) is 2.75. The highest BCUT2D eigenvalue weighted by molar-refractivity contribution is 6.20. The lowest BCUT2D eigenvalue weighted by atomic mass is 10.1. The first kappa shape index (κ1) is 10.8. The molecule has 1 heterocycles. The standard InChI is InChI=1S/C12H13NO3/c1-8(2)7-16-13-11(14)9-5-3-4-6-10(9)12(13)15/h3-6,8H,7H2,1-2H3. The molecule has 0 atom stereocenters. The highest BCUT2D eigenvalue weighted by atomic mass is 16.7. The number of benzene rings is 1. The van der Waals surface area contributed by atoms with Crippen molar-refractivity contribution < 1.29 is 14.4 Å². The third-order valence-electron chi connectivity index (χ3n) is 2.29. The Morgan fingerprint density at radius 2 is 1.62 bits per heavy atom. The van der Waals surface area contributed by atoms with Gasteiger partial charge in [-0.15, -0.1) is 5.06 Å². The average molecular weight is 219 g/mol. The third-order valence-corrected chi connectivity index (χ3v) is 2.29. The van der Waals surface area contributed by atoms with Crippen molar-refractivity contribution in [3.63, 3.8) is 0 Å². The first-order valence-corrected chi connectivity index (χ1v) is 5.22. The van der Waals surface area contributed by atoms with Gasteiger partial charge < -0.3 is 0 Å². The van der Waals surface area contributed by atoms with E-state index in [9.17, 15) is 9.59 Å². The zero-order valence-corrected chi connectivity index (χ0v) is 9.27. The molecule has 16 heavy (non-hydrogen) atoms. The summed E-state index contributed by atoms with van der Waals surface area (Å²) < 4.78 is 0. The van der Waals surface area contributed by atoms with Crippen LogP contribution in [0, 0.1) is 5.92 Å². The van der Waals surface area contributed by atoms with E-state index in [0.29, 0.717) is 17.7 Å². The van der Waals surface area contributed by atoms with E-state index in [1.807, 2.05) is 13.8 Å². The lowest BCUT2D eigenvalue weighted by Gasteiger charge is -2.14. The first-order valence-electron chi connectivity index (χ1n) is 5.22. The fourth-order valence-electron chi connectivity index (χ4n) is 1.51. The molecule has 2 rings (SSSR count). The summed E-state index contributed by atoms with van der Waals surface area (Å²) in [6.07, 6.45) is 0. The second-order valence-electron chi connectivity index (χ2n) is 4.14. The van der Waals surface area contributed by atoms with Crippen molar-refractivity contribution in [1.29, 1.82) is 0 Å². The zero-order chi connectivity index (χ0) is 11.7. The fourth-order valence-corrected chi connectivity index (χ4v) is 1.51. The number of fused-ring (bicyclic) bond motifs is 1. The van der Waals surface area contributed by atoms with Crippen LogP contribution < -0.4 is 0 Å². The van der Waals surface area contributed by atoms with Crippen LogP contribution in [0.2, 0.25) is 0 Å². The molecule has 1 aromatic carbocycles. The molecule has 84 valence electrons. The number of hydroxylamine groups is 2. The Morgan fingerprint density at radius 1 is 1.12 bits per heavy atom. The molecule has 0 saturated carbocycles. The van der Waals surface area contributed by atoms with Crippen molar-refractivity contribution in [1.82, 2.24) is 5.06 Å². The molecular formula is C12H13NO3. The monoisotopic (exact) mass is 219 g/mol. The molecule has 0 aromatic heterocycles. The molecule has 0 aliphatic carbocycles. The summed E-state index contributed by atoms with van der Waals surface area (Å²) in [4.78, 5) is 28.8. The average Bonchev–Trinajstić information content (AvgIpc) is 2.50. The van der Waals surface area contributed by atoms with Gasteiger partial charge in [0.15, 0.2) is 0 Å². The molecule has 0 spiro atoms. The van der Waals surface area contributed by atoms with Gasteiger partial charge in [0.25, 0.3) is 11.8 Å². The Hall–Kier alpha value is -1.68. The molecule has 1 aromatic rings. The van der Waals surface area contributed by atoms with Crippen LogP contribution >= 0.6 is 0 Å². The van der Waals surface area contributed by atoms with Crippen molar-refractivity contribution in [3.05, 3.63) is 35.4 Å². The predicted molar refractivity (Wildman–Crippen MR) is 57.7 cm³/mol. The molecule has 0 radical (unpaired) electrons. The molecule has 0 N–H and O–H groups in total. The molecule has 1 aliphatic rings. The normalized spacial score (nSPS) is 14.8. The number of nitrogens with zero attached hydrogens (tertiary/aromatic N) is 1. The maximum atomic E-state index is 11.8. The predicted octanol–water partition coefficient (Wildman–Crippen LogP) is 1.87. The summed E-state index contributed by atoms with van der Waals surface area (Å²) in [5.74, 6) is -0.480. The smallest absolute Gasteiger partial charge is 0.266 e. The number of imide groups is 1. The number of carbonyl (C=O) groups excluding carboxylic acids is 2. The summed E-state index contributed by atoms with van der Waals surface area (Å²) in [6.45, 7) is 4.27. The summed E-state index contributed by atoms with van der Waals surface area (Å²) >= 11 is 0. The van der Waals surface area contributed by atoms with Gasteiger partial charge in [-0.05, 0) is 18.1 Å². The van der Waals surface area contributed by atoms with E-state index in [-0.39, 0.29) is 17.7 Å². The molecule has 1 aliphatic heterocycles. The van der Waals surface area contributed by atoms with Crippen LogP contribution in [0.4, 0.5) is 0 Å². The molecule has 0 fully saturated rings. The van der Waals surface area contributed by atoms with Crippen LogP contribution in [0.1, 0.15) is 34.6 Å². The van der Waals surface area contributed by atoms with Crippen LogP contribution in [0.5, 0.6) is 0 Å². The maximum absolute atomic E-state index is 11.8. The van der Waals surface area contributed by atoms with Gasteiger partial charge in [-0.3, -0.25) is 14.4 Å². The SMILES string of the molecule is CC(C)CON1C(=O)c2ccccc2C1=O. The number of amides is 2. The van der Waals surface area contributed by atoms with Gasteiger partial charge in [-0.25, -0.2) is 0 Å². The number of hydrogen-bond donors (Lipinski definition) is 0. The molecule has 2 amide bonds. The fraction of sp³-hybridized carbons (Fsp3) is 0.333. The Balaban J connectivity index is 2.22. The second-order valence-corrected chi connectivity index (χ2v) is 4.14. The largest absolute Gasteiger partial charge is 0.285 e. The summed E-state index contributed by atoms with van der Waals surface area (Å²) in [5, 5.41) is 0.852. The van der Waals surface area contributed by atoms with Crippen molar-refractivity contribution in [2.45, 2.75) is 13.8 Å². The van der Waals surface area contributed by atoms with Gasteiger partial charge in [0.2, 0.25) is 0 Å². The quantitative estimate of drug-likeness (QED) is 0.729. The first-order chi connectivity index (χ1) is 7.61. The van der Waals surface area contributed by atoms with Crippen LogP contribution in [0.15, 0.2) is 24.3 Å². The van der Waals surface area contributed by atoms with Crippen molar-refractivity contribution >= 4 is 11.8 Å². The van der Waals surface area contributed by atoms with Crippen LogP contribution in [0.25, 0.3) is 0 Å². The van der Waals surface area contributed by atoms with Gasteiger partial charge in [-0.1, -0.05) is 26.0 Å². The molecule has 0 saturated heterocycles. The highest BCUT2D eigenvalue weighted by Gasteiger charge is 2.36. The lowest BCUT2D eigenvalue weighted by molar-refractivity contribution is -0.0996. The zero-order valence-electron chi connectivity index (χ0n) is 9.27. The number of hydrogen-bond acceptors (Lipinski definition) is 3. The van der Waals surface area contributed by atoms with Gasteiger partial charge in [0, 0.05) is 0 Å². The third kappa shape index (κ3) is 1.72. The van der Waals surface area contributed by atoms with Gasteiger partial charge in [0.1, 0.15) is 0 Å². The van der Waals surface area contributed by atoms with Crippen molar-refractivity contribution in [2.75, 3.05) is 6.61 Å². The maximum Gasteiger partial charge on any atom is 0.285 e. The highest BCUT2D eigenvalue weighted by Crippen LogP contribution is 2.22. The van der Waals surface area contributed by atoms with E-state index in [1.54, 1.807) is 24.3 Å². The van der Waals surface area contributed by atoms with Gasteiger partial charge in [0.05, 0.1) is 17.7 Å². The lowest BCUT2D eigenvalue weighted by Crippen LogP contribution is -2.31. The van der Waals surface area contributed by atoms with Crippen molar-refractivity contribution in [2.24, 2.45) is 5.92 Å². The van der Waals surface area contributed by atoms with E-state index in [1.165, 1.54) is 0 Å². The van der Waals surface area contributed by atoms with Crippen molar-refractivity contribution in [3.8, 4) is 0 Å². The minimum Gasteiger partial charge on any atom is -0.266 e. The van der Waals surface area contributed by atoms with Crippen LogP contribution in [0.3, 0.4) is 0 Å². The molecule has 0 unspecified atom stereocenters. The molecule has 4 nitrogen and oxygen atoms in total. The Morgan fingerprint density at radius 3 is 2.06 bits per heavy atom. The molecular weight excluding hydrogens is 206 g/mol. The number of rotatable bonds is 3. The summed E-state index contributed by atoms with van der Waals surface area (Å²) in [7, 11) is 0. The van der Waals surface area contributed by atoms with Gasteiger partial charge >= 0.3 is 0 Å². The Labute approximate surface area is 93.8 Å². The molecule has 4 heteroatoms. The Bertz CT molecular complexity index is 405. The molecule has 0 bridgehead atoms. The summed E-state index contributed by atoms with van der Waals surface area (Å²) in [6, 6.07) is 6.73. The van der Waals surface area contributed by atoms with Crippen LogP contribution in [-0.2, 0) is 4.84 Å². The minimum atomic E-state index is -0.374. The summed E-state index contributed by atoms with van der Waals surface area (Å²) in [5.41, 5.74) is 0.826. The number of carbonyl (C=O) groups is 2. The van der Waals surface area contributed by atoms with E-state index in [0.717, 1.165) is 5.06 Å². The van der Waals surface area contributed by atoms with E-state index in [4.69, 9.17) is 4.84 Å². The van der Waals surface area contributed by atoms with E-state index < -0.39 is 0 Å². The van der Waals surface area contributed by atoms with Crippen LogP contribution in [-0.4, -0.2) is 23.5 Å².